The van der Waals surface area contributed by atoms with Gasteiger partial charge in [-0.05, 0) is 31.2 Å². The molecule has 26 heavy (non-hydrogen) atoms. The normalized spacial score (nSPS) is 11.1. The number of anilines is 2. The highest BCUT2D eigenvalue weighted by Crippen LogP contribution is 2.36. The smallest absolute Gasteiger partial charge is 0.311 e. The predicted molar refractivity (Wildman–Crippen MR) is 93.9 cm³/mol. The van der Waals surface area contributed by atoms with Gasteiger partial charge in [0.05, 0.1) is 11.3 Å². The first-order chi connectivity index (χ1) is 12.3. The first kappa shape index (κ1) is 19.5. The third kappa shape index (κ3) is 4.41. The van der Waals surface area contributed by atoms with Crippen molar-refractivity contribution in [3.05, 3.63) is 60.2 Å². The molecule has 7 heteroatoms. The van der Waals surface area contributed by atoms with Crippen LogP contribution in [0.15, 0.2) is 54.6 Å². The average molecular weight is 364 g/mol. The van der Waals surface area contributed by atoms with E-state index in [0.29, 0.717) is 12.2 Å². The second-order valence-electron chi connectivity index (χ2n) is 5.59. The second-order valence-corrected chi connectivity index (χ2v) is 5.59. The highest BCUT2D eigenvalue weighted by molar-refractivity contribution is 6.03. The van der Waals surface area contributed by atoms with E-state index in [1.165, 1.54) is 23.1 Å². The highest BCUT2D eigenvalue weighted by Gasteiger charge is 2.36. The van der Waals surface area contributed by atoms with E-state index in [1.54, 1.807) is 37.3 Å². The van der Waals surface area contributed by atoms with Crippen LogP contribution in [-0.2, 0) is 15.8 Å². The molecular weight excluding hydrogens is 345 g/mol. The zero-order valence-corrected chi connectivity index (χ0v) is 14.5. The molecule has 0 bridgehead atoms. The number of hydrogen-bond donors (Lipinski definition) is 0. The van der Waals surface area contributed by atoms with Crippen LogP contribution in [-0.4, -0.2) is 24.9 Å². The van der Waals surface area contributed by atoms with Gasteiger partial charge in [0.25, 0.3) is 0 Å². The molecule has 138 valence electrons. The maximum Gasteiger partial charge on any atom is 0.418 e. The van der Waals surface area contributed by atoms with Gasteiger partial charge in [-0.25, -0.2) is 0 Å². The number of rotatable bonds is 5. The van der Waals surface area contributed by atoms with Crippen molar-refractivity contribution < 1.29 is 22.8 Å². The molecule has 0 aliphatic heterocycles. The number of alkyl halides is 3. The zero-order chi connectivity index (χ0) is 19.3. The number of benzene rings is 2. The Labute approximate surface area is 149 Å². The molecule has 0 aliphatic rings. The molecule has 0 unspecified atom stereocenters. The molecule has 0 atom stereocenters. The van der Waals surface area contributed by atoms with Gasteiger partial charge in [0, 0.05) is 19.2 Å². The summed E-state index contributed by atoms with van der Waals surface area (Å²) in [5.41, 5.74) is -0.664. The monoisotopic (exact) mass is 364 g/mol. The van der Waals surface area contributed by atoms with E-state index in [-0.39, 0.29) is 5.69 Å². The van der Waals surface area contributed by atoms with Crippen LogP contribution in [0.2, 0.25) is 0 Å². The highest BCUT2D eigenvalue weighted by atomic mass is 19.4. The van der Waals surface area contributed by atoms with E-state index >= 15 is 0 Å². The zero-order valence-electron chi connectivity index (χ0n) is 14.5. The Balaban J connectivity index is 2.35. The van der Waals surface area contributed by atoms with Crippen molar-refractivity contribution >= 4 is 23.2 Å². The largest absolute Gasteiger partial charge is 0.418 e. The van der Waals surface area contributed by atoms with Gasteiger partial charge in [-0.2, -0.15) is 13.2 Å². The van der Waals surface area contributed by atoms with Crippen molar-refractivity contribution in [2.24, 2.45) is 0 Å². The van der Waals surface area contributed by atoms with Crippen LogP contribution in [0.5, 0.6) is 0 Å². The van der Waals surface area contributed by atoms with Gasteiger partial charge in [0.15, 0.2) is 0 Å². The van der Waals surface area contributed by atoms with Gasteiger partial charge in [0.2, 0.25) is 11.8 Å². The molecule has 0 spiro atoms. The molecule has 0 aliphatic carbocycles. The van der Waals surface area contributed by atoms with E-state index in [4.69, 9.17) is 0 Å². The first-order valence-corrected chi connectivity index (χ1v) is 8.05. The Hall–Kier alpha value is -2.83. The summed E-state index contributed by atoms with van der Waals surface area (Å²) in [6.07, 6.45) is -4.63. The Bertz CT molecular complexity index is 776. The summed E-state index contributed by atoms with van der Waals surface area (Å²) >= 11 is 0. The van der Waals surface area contributed by atoms with Crippen molar-refractivity contribution in [3.8, 4) is 0 Å². The Morgan fingerprint density at radius 3 is 2.04 bits per heavy atom. The number of halogens is 3. The number of amides is 2. The number of carbonyl (C=O) groups is 2. The number of hydrogen-bond acceptors (Lipinski definition) is 2. The van der Waals surface area contributed by atoms with Gasteiger partial charge in [-0.15, -0.1) is 0 Å². The van der Waals surface area contributed by atoms with Gasteiger partial charge in [-0.1, -0.05) is 30.3 Å². The fourth-order valence-corrected chi connectivity index (χ4v) is 2.65. The van der Waals surface area contributed by atoms with Crippen molar-refractivity contribution in [3.63, 3.8) is 0 Å². The van der Waals surface area contributed by atoms with E-state index < -0.39 is 30.1 Å². The Morgan fingerprint density at radius 2 is 1.50 bits per heavy atom. The quantitative estimate of drug-likeness (QED) is 0.801. The van der Waals surface area contributed by atoms with E-state index in [2.05, 4.69) is 0 Å². The molecule has 0 saturated heterocycles. The van der Waals surface area contributed by atoms with Crippen LogP contribution in [0.4, 0.5) is 24.5 Å². The van der Waals surface area contributed by atoms with Crippen molar-refractivity contribution in [1.82, 2.24) is 0 Å². The summed E-state index contributed by atoms with van der Waals surface area (Å²) < 4.78 is 39.8. The summed E-state index contributed by atoms with van der Waals surface area (Å²) in [6, 6.07) is 13.5. The van der Waals surface area contributed by atoms with Crippen LogP contribution in [0, 0.1) is 0 Å². The molecule has 4 nitrogen and oxygen atoms in total. The maximum absolute atomic E-state index is 13.3. The lowest BCUT2D eigenvalue weighted by Gasteiger charge is -2.28. The number of likely N-dealkylation sites (N-methyl/N-ethyl adjacent to an activating group) is 1. The van der Waals surface area contributed by atoms with E-state index in [0.717, 1.165) is 17.9 Å². The van der Waals surface area contributed by atoms with Gasteiger partial charge >= 0.3 is 6.18 Å². The summed E-state index contributed by atoms with van der Waals surface area (Å²) in [5, 5.41) is 0. The van der Waals surface area contributed by atoms with Gasteiger partial charge in [-0.3, -0.25) is 9.59 Å². The molecule has 2 aromatic carbocycles. The molecule has 2 aromatic rings. The second kappa shape index (κ2) is 8.03. The molecular formula is C19H19F3N2O2. The van der Waals surface area contributed by atoms with Gasteiger partial charge < -0.3 is 9.80 Å². The third-order valence-electron chi connectivity index (χ3n) is 3.86. The molecule has 2 amide bonds. The Kier molecular flexibility index (Phi) is 6.02. The summed E-state index contributed by atoms with van der Waals surface area (Å²) in [5.74, 6) is -1.11. The summed E-state index contributed by atoms with van der Waals surface area (Å²) in [7, 11) is 0. The number of nitrogens with zero attached hydrogens (tertiary/aromatic N) is 2. The van der Waals surface area contributed by atoms with Crippen LogP contribution < -0.4 is 9.80 Å². The van der Waals surface area contributed by atoms with Crippen molar-refractivity contribution in [1.29, 1.82) is 0 Å². The fourth-order valence-electron chi connectivity index (χ4n) is 2.65. The number of carbonyl (C=O) groups excluding carboxylic acids is 2. The molecule has 0 heterocycles. The molecule has 0 aromatic heterocycles. The summed E-state index contributed by atoms with van der Waals surface area (Å²) in [4.78, 5) is 26.9. The minimum Gasteiger partial charge on any atom is -0.311 e. The average Bonchev–Trinajstić information content (AvgIpc) is 2.60. The fraction of sp³-hybridized carbons (Fsp3) is 0.263. The lowest BCUT2D eigenvalue weighted by atomic mass is 10.1. The summed E-state index contributed by atoms with van der Waals surface area (Å²) in [6.45, 7) is 2.74. The Morgan fingerprint density at radius 1 is 0.923 bits per heavy atom. The maximum atomic E-state index is 13.3. The van der Waals surface area contributed by atoms with Crippen LogP contribution in [0.25, 0.3) is 0 Å². The van der Waals surface area contributed by atoms with E-state index in [9.17, 15) is 22.8 Å². The topological polar surface area (TPSA) is 40.6 Å². The molecule has 0 N–H and O–H groups in total. The van der Waals surface area contributed by atoms with Gasteiger partial charge in [0.1, 0.15) is 6.54 Å². The van der Waals surface area contributed by atoms with Crippen LogP contribution in [0.1, 0.15) is 19.4 Å². The SMILES string of the molecule is CCN(C(=O)CN(C(C)=O)c1ccccc1C(F)(F)F)c1ccccc1. The lowest BCUT2D eigenvalue weighted by molar-refractivity contribution is -0.137. The van der Waals surface area contributed by atoms with E-state index in [1.807, 2.05) is 0 Å². The molecule has 0 saturated carbocycles. The van der Waals surface area contributed by atoms with Crippen molar-refractivity contribution in [2.75, 3.05) is 22.9 Å². The molecule has 2 rings (SSSR count). The first-order valence-electron chi connectivity index (χ1n) is 8.05. The standard InChI is InChI=1S/C19H19F3N2O2/c1-3-23(15-9-5-4-6-10-15)18(26)13-24(14(2)25)17-12-8-7-11-16(17)19(20,21)22/h4-12H,3,13H2,1-2H3. The van der Waals surface area contributed by atoms with Crippen LogP contribution >= 0.6 is 0 Å². The predicted octanol–water partition coefficient (Wildman–Crippen LogP) is 4.11. The lowest BCUT2D eigenvalue weighted by Crippen LogP contribution is -2.43. The number of para-hydroxylation sites is 2. The molecule has 0 fully saturated rings. The van der Waals surface area contributed by atoms with Crippen LogP contribution in [0.3, 0.4) is 0 Å². The molecule has 0 radical (unpaired) electrons. The minimum atomic E-state index is -4.63. The minimum absolute atomic E-state index is 0.329. The van der Waals surface area contributed by atoms with Crippen molar-refractivity contribution in [2.45, 2.75) is 20.0 Å². The third-order valence-corrected chi connectivity index (χ3v) is 3.86.